The van der Waals surface area contributed by atoms with Gasteiger partial charge in [0.15, 0.2) is 0 Å². The normalized spacial score (nSPS) is 9.71. The number of halogens is 1. The molecule has 2 rings (SSSR count). The highest BCUT2D eigenvalue weighted by Crippen LogP contribution is 2.26. The highest BCUT2D eigenvalue weighted by atomic mass is 35.5. The highest BCUT2D eigenvalue weighted by Gasteiger charge is 2.01. The zero-order valence-electron chi connectivity index (χ0n) is 9.27. The van der Waals surface area contributed by atoms with Crippen molar-refractivity contribution in [1.29, 1.82) is 5.26 Å². The van der Waals surface area contributed by atoms with Crippen molar-refractivity contribution in [2.45, 2.75) is 6.92 Å². The lowest BCUT2D eigenvalue weighted by atomic mass is 10.2. The highest BCUT2D eigenvalue weighted by molar-refractivity contribution is 6.31. The lowest BCUT2D eigenvalue weighted by molar-refractivity contribution is 0.482. The van der Waals surface area contributed by atoms with Gasteiger partial charge in [-0.1, -0.05) is 17.7 Å². The molecular formula is C14H10ClNO. The Bertz CT molecular complexity index is 587. The van der Waals surface area contributed by atoms with Crippen LogP contribution in [0.1, 0.15) is 11.1 Å². The Hall–Kier alpha value is -1.98. The Labute approximate surface area is 105 Å². The molecule has 0 unspecified atom stereocenters. The number of hydrogen-bond acceptors (Lipinski definition) is 2. The summed E-state index contributed by atoms with van der Waals surface area (Å²) in [6.07, 6.45) is 0. The van der Waals surface area contributed by atoms with Crippen molar-refractivity contribution in [3.63, 3.8) is 0 Å². The quantitative estimate of drug-likeness (QED) is 0.787. The van der Waals surface area contributed by atoms with Crippen LogP contribution in [0.4, 0.5) is 0 Å². The van der Waals surface area contributed by atoms with E-state index in [4.69, 9.17) is 21.6 Å². The van der Waals surface area contributed by atoms with Crippen LogP contribution in [0.15, 0.2) is 42.5 Å². The van der Waals surface area contributed by atoms with Crippen LogP contribution in [0.25, 0.3) is 0 Å². The van der Waals surface area contributed by atoms with Gasteiger partial charge in [0.1, 0.15) is 11.5 Å². The fourth-order valence-corrected chi connectivity index (χ4v) is 1.56. The second-order valence-electron chi connectivity index (χ2n) is 3.65. The summed E-state index contributed by atoms with van der Waals surface area (Å²) in [5.74, 6) is 1.35. The summed E-state index contributed by atoms with van der Waals surface area (Å²) in [5.41, 5.74) is 1.54. The van der Waals surface area contributed by atoms with Gasteiger partial charge in [0.25, 0.3) is 0 Å². The molecule has 2 aromatic rings. The first kappa shape index (κ1) is 11.5. The van der Waals surface area contributed by atoms with Crippen LogP contribution >= 0.6 is 11.6 Å². The molecule has 0 spiro atoms. The number of rotatable bonds is 2. The molecule has 0 amide bonds. The minimum Gasteiger partial charge on any atom is -0.457 e. The number of aryl methyl sites for hydroxylation is 1. The average Bonchev–Trinajstić information content (AvgIpc) is 2.34. The lowest BCUT2D eigenvalue weighted by Gasteiger charge is -2.07. The summed E-state index contributed by atoms with van der Waals surface area (Å²) >= 11 is 5.93. The summed E-state index contributed by atoms with van der Waals surface area (Å²) in [4.78, 5) is 0. The monoisotopic (exact) mass is 243 g/mol. The molecule has 0 saturated heterocycles. The van der Waals surface area contributed by atoms with E-state index in [1.54, 1.807) is 30.3 Å². The van der Waals surface area contributed by atoms with Gasteiger partial charge in [-0.2, -0.15) is 5.26 Å². The van der Waals surface area contributed by atoms with Gasteiger partial charge in [0, 0.05) is 5.02 Å². The van der Waals surface area contributed by atoms with E-state index in [0.29, 0.717) is 22.1 Å². The first-order valence-electron chi connectivity index (χ1n) is 5.13. The van der Waals surface area contributed by atoms with Crippen LogP contribution in [0.3, 0.4) is 0 Å². The summed E-state index contributed by atoms with van der Waals surface area (Å²) in [7, 11) is 0. The van der Waals surface area contributed by atoms with Gasteiger partial charge in [-0.3, -0.25) is 0 Å². The topological polar surface area (TPSA) is 33.0 Å². The zero-order valence-corrected chi connectivity index (χ0v) is 10.0. The molecule has 0 aromatic heterocycles. The van der Waals surface area contributed by atoms with Crippen molar-refractivity contribution in [3.8, 4) is 17.6 Å². The van der Waals surface area contributed by atoms with Crippen LogP contribution in [-0.2, 0) is 0 Å². The Morgan fingerprint density at radius 1 is 1.12 bits per heavy atom. The van der Waals surface area contributed by atoms with Crippen molar-refractivity contribution in [2.24, 2.45) is 0 Å². The molecule has 0 aliphatic rings. The van der Waals surface area contributed by atoms with Crippen molar-refractivity contribution in [2.75, 3.05) is 0 Å². The molecule has 0 bridgehead atoms. The second-order valence-corrected chi connectivity index (χ2v) is 4.06. The third-order valence-corrected chi connectivity index (χ3v) is 2.75. The first-order valence-corrected chi connectivity index (χ1v) is 5.51. The predicted molar refractivity (Wildman–Crippen MR) is 67.4 cm³/mol. The third kappa shape index (κ3) is 2.77. The molecule has 0 heterocycles. The number of ether oxygens (including phenoxy) is 1. The third-order valence-electron chi connectivity index (χ3n) is 2.33. The van der Waals surface area contributed by atoms with E-state index in [-0.39, 0.29) is 0 Å². The van der Waals surface area contributed by atoms with Gasteiger partial charge in [0.2, 0.25) is 0 Å². The van der Waals surface area contributed by atoms with Gasteiger partial charge in [-0.15, -0.1) is 0 Å². The Kier molecular flexibility index (Phi) is 3.32. The molecule has 0 fully saturated rings. The first-order chi connectivity index (χ1) is 8.19. The summed E-state index contributed by atoms with van der Waals surface area (Å²) < 4.78 is 5.65. The van der Waals surface area contributed by atoms with Crippen LogP contribution in [-0.4, -0.2) is 0 Å². The van der Waals surface area contributed by atoms with E-state index in [9.17, 15) is 0 Å². The zero-order chi connectivity index (χ0) is 12.3. The standard InChI is InChI=1S/C14H10ClNO/c1-10-7-13(5-6-14(10)15)17-12-4-2-3-11(8-12)9-16/h2-8H,1H3. The number of hydrogen-bond donors (Lipinski definition) is 0. The fourth-order valence-electron chi connectivity index (χ4n) is 1.45. The molecule has 84 valence electrons. The van der Waals surface area contributed by atoms with Crippen molar-refractivity contribution < 1.29 is 4.74 Å². The molecule has 2 nitrogen and oxygen atoms in total. The largest absolute Gasteiger partial charge is 0.457 e. The van der Waals surface area contributed by atoms with Gasteiger partial charge in [-0.25, -0.2) is 0 Å². The molecule has 0 N–H and O–H groups in total. The van der Waals surface area contributed by atoms with Crippen LogP contribution in [0, 0.1) is 18.3 Å². The van der Waals surface area contributed by atoms with E-state index in [2.05, 4.69) is 6.07 Å². The van der Waals surface area contributed by atoms with E-state index in [1.807, 2.05) is 19.1 Å². The Morgan fingerprint density at radius 2 is 1.88 bits per heavy atom. The summed E-state index contributed by atoms with van der Waals surface area (Å²) in [6, 6.07) is 14.6. The van der Waals surface area contributed by atoms with Crippen molar-refractivity contribution >= 4 is 11.6 Å². The molecule has 0 atom stereocenters. The SMILES string of the molecule is Cc1cc(Oc2cccc(C#N)c2)ccc1Cl. The van der Waals surface area contributed by atoms with Crippen molar-refractivity contribution in [1.82, 2.24) is 0 Å². The molecule has 0 radical (unpaired) electrons. The van der Waals surface area contributed by atoms with Gasteiger partial charge < -0.3 is 4.74 Å². The fraction of sp³-hybridized carbons (Fsp3) is 0.0714. The number of nitrogens with zero attached hydrogens (tertiary/aromatic N) is 1. The smallest absolute Gasteiger partial charge is 0.128 e. The maximum atomic E-state index is 8.79. The van der Waals surface area contributed by atoms with Gasteiger partial charge in [0.05, 0.1) is 11.6 Å². The van der Waals surface area contributed by atoms with Crippen LogP contribution in [0.5, 0.6) is 11.5 Å². The molecular weight excluding hydrogens is 234 g/mol. The molecule has 3 heteroatoms. The minimum absolute atomic E-state index is 0.577. The van der Waals surface area contributed by atoms with Crippen LogP contribution in [0.2, 0.25) is 5.02 Å². The van der Waals surface area contributed by atoms with Gasteiger partial charge >= 0.3 is 0 Å². The van der Waals surface area contributed by atoms with E-state index in [0.717, 1.165) is 5.56 Å². The maximum absolute atomic E-state index is 8.79. The Balaban J connectivity index is 2.25. The average molecular weight is 244 g/mol. The molecule has 0 aliphatic carbocycles. The molecule has 0 saturated carbocycles. The number of benzene rings is 2. The van der Waals surface area contributed by atoms with Gasteiger partial charge in [-0.05, 0) is 48.9 Å². The van der Waals surface area contributed by atoms with E-state index >= 15 is 0 Å². The molecule has 17 heavy (non-hydrogen) atoms. The van der Waals surface area contributed by atoms with Crippen molar-refractivity contribution in [3.05, 3.63) is 58.6 Å². The summed E-state index contributed by atoms with van der Waals surface area (Å²) in [5, 5.41) is 9.50. The maximum Gasteiger partial charge on any atom is 0.128 e. The number of nitriles is 1. The summed E-state index contributed by atoms with van der Waals surface area (Å²) in [6.45, 7) is 1.92. The van der Waals surface area contributed by atoms with Crippen LogP contribution < -0.4 is 4.74 Å². The van der Waals surface area contributed by atoms with E-state index < -0.39 is 0 Å². The lowest BCUT2D eigenvalue weighted by Crippen LogP contribution is -1.86. The molecule has 2 aromatic carbocycles. The second kappa shape index (κ2) is 4.90. The Morgan fingerprint density at radius 3 is 2.59 bits per heavy atom. The van der Waals surface area contributed by atoms with E-state index in [1.165, 1.54) is 0 Å². The minimum atomic E-state index is 0.577. The predicted octanol–water partition coefficient (Wildman–Crippen LogP) is 4.31. The molecule has 0 aliphatic heterocycles.